The van der Waals surface area contributed by atoms with Crippen molar-refractivity contribution in [2.75, 3.05) is 12.3 Å². The summed E-state index contributed by atoms with van der Waals surface area (Å²) in [4.78, 5) is 19.3. The zero-order valence-electron chi connectivity index (χ0n) is 9.78. The Morgan fingerprint density at radius 2 is 2.39 bits per heavy atom. The number of nitrogens with zero attached hydrogens (tertiary/aromatic N) is 4. The highest BCUT2D eigenvalue weighted by molar-refractivity contribution is 5.75. The van der Waals surface area contributed by atoms with E-state index >= 15 is 0 Å². The van der Waals surface area contributed by atoms with Crippen LogP contribution in [-0.2, 0) is 17.8 Å². The molecule has 0 unspecified atom stereocenters. The van der Waals surface area contributed by atoms with Crippen LogP contribution in [0.4, 0.5) is 5.95 Å². The minimum Gasteiger partial charge on any atom is -0.367 e. The molecule has 0 aliphatic rings. The van der Waals surface area contributed by atoms with Crippen LogP contribution in [0.2, 0.25) is 0 Å². The normalized spacial score (nSPS) is 10.2. The molecule has 18 heavy (non-hydrogen) atoms. The van der Waals surface area contributed by atoms with Crippen molar-refractivity contribution < 1.29 is 4.79 Å². The molecule has 3 N–H and O–H groups in total. The number of amides is 1. The van der Waals surface area contributed by atoms with E-state index in [4.69, 9.17) is 5.73 Å². The highest BCUT2D eigenvalue weighted by atomic mass is 16.2. The molecule has 0 bridgehead atoms. The van der Waals surface area contributed by atoms with Gasteiger partial charge in [-0.25, -0.2) is 9.67 Å². The summed E-state index contributed by atoms with van der Waals surface area (Å²) in [5, 5.41) is 6.62. The van der Waals surface area contributed by atoms with Crippen LogP contribution in [0.15, 0.2) is 30.9 Å². The smallest absolute Gasteiger partial charge is 0.241 e. The zero-order chi connectivity index (χ0) is 12.8. The summed E-state index contributed by atoms with van der Waals surface area (Å²) in [7, 11) is 0. The van der Waals surface area contributed by atoms with E-state index in [9.17, 15) is 4.79 Å². The van der Waals surface area contributed by atoms with Gasteiger partial charge in [0.05, 0.1) is 0 Å². The van der Waals surface area contributed by atoms with Crippen LogP contribution in [-0.4, -0.2) is 32.2 Å². The molecule has 0 radical (unpaired) electrons. The van der Waals surface area contributed by atoms with Gasteiger partial charge in [-0.05, 0) is 18.1 Å². The van der Waals surface area contributed by atoms with E-state index in [1.807, 2.05) is 12.1 Å². The van der Waals surface area contributed by atoms with Crippen LogP contribution in [0.25, 0.3) is 0 Å². The highest BCUT2D eigenvalue weighted by Crippen LogP contribution is 1.95. The summed E-state index contributed by atoms with van der Waals surface area (Å²) in [5.74, 6) is 0.0435. The minimum atomic E-state index is -0.121. The number of nitrogen functional groups attached to an aromatic ring is 1. The van der Waals surface area contributed by atoms with E-state index < -0.39 is 0 Å². The molecule has 1 amide bonds. The van der Waals surface area contributed by atoms with Crippen molar-refractivity contribution in [2.24, 2.45) is 0 Å². The zero-order valence-corrected chi connectivity index (χ0v) is 9.78. The molecule has 2 rings (SSSR count). The van der Waals surface area contributed by atoms with Crippen molar-refractivity contribution in [3.05, 3.63) is 36.4 Å². The third-order valence-corrected chi connectivity index (χ3v) is 2.32. The second-order valence-electron chi connectivity index (χ2n) is 3.76. The number of nitrogens with one attached hydrogen (secondary N) is 1. The Bertz CT molecular complexity index is 509. The van der Waals surface area contributed by atoms with Gasteiger partial charge in [-0.15, -0.1) is 5.10 Å². The van der Waals surface area contributed by atoms with E-state index in [0.29, 0.717) is 6.54 Å². The highest BCUT2D eigenvalue weighted by Gasteiger charge is 2.03. The molecule has 2 aromatic heterocycles. The fourth-order valence-electron chi connectivity index (χ4n) is 1.48. The molecule has 2 heterocycles. The first-order valence-corrected chi connectivity index (χ1v) is 5.54. The van der Waals surface area contributed by atoms with Crippen molar-refractivity contribution in [3.8, 4) is 0 Å². The lowest BCUT2D eigenvalue weighted by molar-refractivity contribution is -0.121. The van der Waals surface area contributed by atoms with Gasteiger partial charge in [0.1, 0.15) is 12.9 Å². The number of anilines is 1. The van der Waals surface area contributed by atoms with Crippen LogP contribution in [0.5, 0.6) is 0 Å². The van der Waals surface area contributed by atoms with Gasteiger partial charge in [-0.2, -0.15) is 0 Å². The minimum absolute atomic E-state index is 0.121. The Balaban J connectivity index is 1.72. The van der Waals surface area contributed by atoms with Crippen LogP contribution < -0.4 is 11.1 Å². The molecule has 0 atom stereocenters. The Labute approximate surface area is 104 Å². The number of carbonyl (C=O) groups excluding carboxylic acids is 1. The number of hydrogen-bond donors (Lipinski definition) is 2. The molecule has 0 fully saturated rings. The Hall–Kier alpha value is -2.44. The fraction of sp³-hybridized carbons (Fsp3) is 0.273. The van der Waals surface area contributed by atoms with Crippen LogP contribution in [0.1, 0.15) is 5.56 Å². The third kappa shape index (κ3) is 3.55. The molecule has 0 aliphatic heterocycles. The number of pyridine rings is 1. The molecule has 7 nitrogen and oxygen atoms in total. The van der Waals surface area contributed by atoms with Crippen molar-refractivity contribution in [2.45, 2.75) is 13.0 Å². The first-order chi connectivity index (χ1) is 8.74. The van der Waals surface area contributed by atoms with Gasteiger partial charge in [0.25, 0.3) is 0 Å². The Kier molecular flexibility index (Phi) is 3.85. The summed E-state index contributed by atoms with van der Waals surface area (Å²) in [6, 6.07) is 3.84. The molecule has 2 aromatic rings. The summed E-state index contributed by atoms with van der Waals surface area (Å²) >= 11 is 0. The first-order valence-electron chi connectivity index (χ1n) is 5.54. The lowest BCUT2D eigenvalue weighted by Crippen LogP contribution is -2.29. The number of aromatic nitrogens is 4. The predicted molar refractivity (Wildman–Crippen MR) is 65.4 cm³/mol. The number of nitrogens with two attached hydrogens (primary N) is 1. The molecule has 0 saturated heterocycles. The van der Waals surface area contributed by atoms with Crippen LogP contribution in [0, 0.1) is 0 Å². The van der Waals surface area contributed by atoms with Crippen molar-refractivity contribution in [3.63, 3.8) is 0 Å². The summed E-state index contributed by atoms with van der Waals surface area (Å²) in [6.07, 6.45) is 5.68. The lowest BCUT2D eigenvalue weighted by Gasteiger charge is -2.04. The predicted octanol–water partition coefficient (Wildman–Crippen LogP) is -0.386. The number of rotatable bonds is 5. The van der Waals surface area contributed by atoms with Crippen molar-refractivity contribution >= 4 is 11.9 Å². The van der Waals surface area contributed by atoms with Crippen LogP contribution >= 0.6 is 0 Å². The molecule has 7 heteroatoms. The van der Waals surface area contributed by atoms with Crippen molar-refractivity contribution in [1.29, 1.82) is 0 Å². The van der Waals surface area contributed by atoms with Crippen LogP contribution in [0.3, 0.4) is 0 Å². The molecule has 0 spiro atoms. The van der Waals surface area contributed by atoms with E-state index in [-0.39, 0.29) is 18.4 Å². The Morgan fingerprint density at radius 1 is 1.50 bits per heavy atom. The standard InChI is InChI=1S/C11H14N6O/c12-11-15-8-17(16-11)7-10(18)14-5-3-9-2-1-4-13-6-9/h1-2,4,6,8H,3,5,7H2,(H2,12,16)(H,14,18). The first kappa shape index (κ1) is 12.0. The Morgan fingerprint density at radius 3 is 3.06 bits per heavy atom. The average Bonchev–Trinajstić information content (AvgIpc) is 2.76. The molecule has 94 valence electrons. The molecule has 0 aliphatic carbocycles. The summed E-state index contributed by atoms with van der Waals surface area (Å²) in [6.45, 7) is 0.686. The van der Waals surface area contributed by atoms with Gasteiger partial charge in [0, 0.05) is 18.9 Å². The van der Waals surface area contributed by atoms with Gasteiger partial charge in [0.2, 0.25) is 11.9 Å². The maximum Gasteiger partial charge on any atom is 0.241 e. The summed E-state index contributed by atoms with van der Waals surface area (Å²) < 4.78 is 1.40. The van der Waals surface area contributed by atoms with E-state index in [1.165, 1.54) is 11.0 Å². The maximum absolute atomic E-state index is 11.6. The van der Waals surface area contributed by atoms with Gasteiger partial charge < -0.3 is 11.1 Å². The molecular formula is C11H14N6O. The van der Waals surface area contributed by atoms with Gasteiger partial charge in [0.15, 0.2) is 0 Å². The SMILES string of the molecule is Nc1ncn(CC(=O)NCCc2cccnc2)n1. The largest absolute Gasteiger partial charge is 0.367 e. The third-order valence-electron chi connectivity index (χ3n) is 2.32. The molecular weight excluding hydrogens is 232 g/mol. The lowest BCUT2D eigenvalue weighted by atomic mass is 10.2. The van der Waals surface area contributed by atoms with E-state index in [0.717, 1.165) is 12.0 Å². The summed E-state index contributed by atoms with van der Waals surface area (Å²) in [5.41, 5.74) is 6.43. The van der Waals surface area contributed by atoms with E-state index in [2.05, 4.69) is 20.4 Å². The quantitative estimate of drug-likeness (QED) is 0.749. The molecule has 0 saturated carbocycles. The fourth-order valence-corrected chi connectivity index (χ4v) is 1.48. The van der Waals surface area contributed by atoms with E-state index in [1.54, 1.807) is 12.4 Å². The number of carbonyl (C=O) groups is 1. The maximum atomic E-state index is 11.6. The number of hydrogen-bond acceptors (Lipinski definition) is 5. The second-order valence-corrected chi connectivity index (χ2v) is 3.76. The topological polar surface area (TPSA) is 98.7 Å². The molecule has 0 aromatic carbocycles. The second kappa shape index (κ2) is 5.76. The average molecular weight is 246 g/mol. The van der Waals surface area contributed by atoms with Gasteiger partial charge >= 0.3 is 0 Å². The van der Waals surface area contributed by atoms with Gasteiger partial charge in [-0.1, -0.05) is 6.07 Å². The van der Waals surface area contributed by atoms with Crippen molar-refractivity contribution in [1.82, 2.24) is 25.1 Å². The van der Waals surface area contributed by atoms with Gasteiger partial charge in [-0.3, -0.25) is 9.78 Å². The monoisotopic (exact) mass is 246 g/mol.